The van der Waals surface area contributed by atoms with Gasteiger partial charge in [-0.2, -0.15) is 4.31 Å². The Morgan fingerprint density at radius 3 is 2.30 bits per heavy atom. The van der Waals surface area contributed by atoms with Crippen LogP contribution >= 0.6 is 27.6 Å². The molecule has 0 saturated carbocycles. The third kappa shape index (κ3) is 6.70. The molecule has 2 saturated heterocycles. The number of primary amides is 1. The number of rotatable bonds is 11. The van der Waals surface area contributed by atoms with Gasteiger partial charge in [0.2, 0.25) is 0 Å². The maximum Gasteiger partial charge on any atom is 0.481 e. The molecule has 10 atom stereocenters. The summed E-state index contributed by atoms with van der Waals surface area (Å²) in [5.74, 6) is -0.793. The van der Waals surface area contributed by atoms with Crippen molar-refractivity contribution in [2.24, 2.45) is 5.73 Å². The number of nitrogens with one attached hydrogen (secondary N) is 1. The van der Waals surface area contributed by atoms with Gasteiger partial charge < -0.3 is 51.5 Å². The number of hydrogen-bond donors (Lipinski definition) is 8. The van der Waals surface area contributed by atoms with E-state index >= 15 is 0 Å². The summed E-state index contributed by atoms with van der Waals surface area (Å²) in [6.07, 6.45) is -10.7. The third-order valence-electron chi connectivity index (χ3n) is 6.31. The number of aliphatic hydroxyl groups is 3. The van der Waals surface area contributed by atoms with Crippen molar-refractivity contribution >= 4 is 50.5 Å². The average molecular weight is 674 g/mol. The second-order valence-corrected chi connectivity index (χ2v) is 13.1. The lowest BCUT2D eigenvalue weighted by molar-refractivity contribution is -0.116. The molecule has 2 aromatic heterocycles. The van der Waals surface area contributed by atoms with E-state index in [2.05, 4.69) is 33.7 Å². The molecule has 0 aromatic carbocycles. The number of nitrogens with zero attached hydrogens (tertiary/aromatic N) is 5. The number of carbonyl (C=O) groups is 1. The number of phosphoric acid groups is 2. The minimum absolute atomic E-state index is 0.00954. The highest BCUT2D eigenvalue weighted by Gasteiger charge is 2.50. The van der Waals surface area contributed by atoms with Gasteiger partial charge in [0, 0.05) is 5.41 Å². The van der Waals surface area contributed by atoms with Crippen LogP contribution in [-0.4, -0.2) is 111 Å². The minimum atomic E-state index is -5.41. The molecule has 43 heavy (non-hydrogen) atoms. The highest BCUT2D eigenvalue weighted by Crippen LogP contribution is 2.60. The van der Waals surface area contributed by atoms with Crippen LogP contribution in [0.4, 0.5) is 10.2 Å². The summed E-state index contributed by atoms with van der Waals surface area (Å²) < 4.78 is 66.2. The summed E-state index contributed by atoms with van der Waals surface area (Å²) in [7, 11) is -10.8. The molecule has 25 heteroatoms. The fourth-order valence-corrected chi connectivity index (χ4v) is 7.14. The molecule has 2 aromatic rings. The number of phosphoric ester groups is 2. The molecule has 6 unspecified atom stereocenters. The Bertz CT molecular complexity index is 1510. The lowest BCUT2D eigenvalue weighted by Gasteiger charge is -2.25. The minimum Gasteiger partial charge on any atom is -0.387 e. The number of hydrogen-bond acceptors (Lipinski definition) is 18. The van der Waals surface area contributed by atoms with Crippen LogP contribution in [0.25, 0.3) is 11.2 Å². The molecule has 238 valence electrons. The van der Waals surface area contributed by atoms with Gasteiger partial charge in [-0.25, -0.2) is 28.5 Å². The number of anilines is 1. The number of imidazole rings is 1. The second kappa shape index (κ2) is 12.2. The van der Waals surface area contributed by atoms with Crippen LogP contribution in [-0.2, 0) is 36.8 Å². The monoisotopic (exact) mass is 674 g/mol. The standard InChI is InChI=1S/C18H25FN8O13P2S/c19-9-11(28)7(38-17(9)26-5-24-10-14(20)22-4-23-16(10)26)1-36-41(32,33)40-42(34,35)37-2-8-12(29)13(30)18(39-8)27-25-6(3-43-27)15(21)31/h3-5,7-9,11-13,17-18,25,28-30H,1-2H2,(H2,21,31)(H,32,33)(H,34,35)(H2,20,22,23)/t7?,8-,9?,11?,12-,13-,17?,18-/m1/s1. The van der Waals surface area contributed by atoms with E-state index in [1.807, 2.05) is 0 Å². The van der Waals surface area contributed by atoms with Crippen molar-refractivity contribution in [3.63, 3.8) is 0 Å². The van der Waals surface area contributed by atoms with Crippen molar-refractivity contribution in [2.45, 2.75) is 49.1 Å². The van der Waals surface area contributed by atoms with Crippen LogP contribution in [0.5, 0.6) is 0 Å². The molecule has 0 aliphatic carbocycles. The zero-order chi connectivity index (χ0) is 31.3. The Kier molecular flexibility index (Phi) is 9.11. The highest BCUT2D eigenvalue weighted by atomic mass is 32.2. The molecule has 0 radical (unpaired) electrons. The second-order valence-electron chi connectivity index (χ2n) is 9.18. The lowest BCUT2D eigenvalue weighted by Crippen LogP contribution is -2.46. The van der Waals surface area contributed by atoms with Crippen LogP contribution < -0.4 is 16.9 Å². The molecule has 0 bridgehead atoms. The number of aliphatic hydroxyl groups excluding tert-OH is 3. The van der Waals surface area contributed by atoms with Gasteiger partial charge in [0.1, 0.15) is 48.1 Å². The topological polar surface area (TPSA) is 309 Å². The summed E-state index contributed by atoms with van der Waals surface area (Å²) >= 11 is 0.872. The number of ether oxygens (including phenoxy) is 2. The first-order chi connectivity index (χ1) is 20.2. The lowest BCUT2D eigenvalue weighted by atomic mass is 10.1. The first kappa shape index (κ1) is 32.1. The summed E-state index contributed by atoms with van der Waals surface area (Å²) in [5.41, 5.74) is 13.6. The van der Waals surface area contributed by atoms with E-state index in [-0.39, 0.29) is 22.7 Å². The molecule has 5 heterocycles. The zero-order valence-corrected chi connectivity index (χ0v) is 23.9. The van der Waals surface area contributed by atoms with Crippen molar-refractivity contribution in [1.82, 2.24) is 29.4 Å². The average Bonchev–Trinajstić information content (AvgIpc) is 3.70. The first-order valence-electron chi connectivity index (χ1n) is 12.0. The first-order valence-corrected chi connectivity index (χ1v) is 15.8. The SMILES string of the molecule is NC(=O)C1=CSN([C@@H]2O[C@H](COP(=O)(O)OP(=O)(O)OCC3OC(n4cnc5c(N)ncnc54)C(F)C3O)[C@@H](O)[C@H]2O)N1. The molecule has 1 amide bonds. The van der Waals surface area contributed by atoms with Crippen LogP contribution in [0, 0.1) is 0 Å². The third-order valence-corrected chi connectivity index (χ3v) is 9.78. The molecule has 2 fully saturated rings. The van der Waals surface area contributed by atoms with E-state index in [1.54, 1.807) is 0 Å². The Morgan fingerprint density at radius 1 is 1.05 bits per heavy atom. The van der Waals surface area contributed by atoms with E-state index in [4.69, 9.17) is 20.9 Å². The zero-order valence-electron chi connectivity index (χ0n) is 21.3. The number of nitrogens with two attached hydrogens (primary N) is 2. The van der Waals surface area contributed by atoms with Crippen molar-refractivity contribution < 1.29 is 66.3 Å². The van der Waals surface area contributed by atoms with Crippen molar-refractivity contribution in [3.05, 3.63) is 23.8 Å². The van der Waals surface area contributed by atoms with E-state index in [1.165, 1.54) is 5.41 Å². The molecule has 0 spiro atoms. The van der Waals surface area contributed by atoms with Crippen LogP contribution in [0.3, 0.4) is 0 Å². The molecule has 10 N–H and O–H groups in total. The predicted octanol–water partition coefficient (Wildman–Crippen LogP) is -2.50. The molecule has 5 rings (SSSR count). The quantitative estimate of drug-likeness (QED) is 0.0902. The van der Waals surface area contributed by atoms with Gasteiger partial charge in [0.05, 0.1) is 19.5 Å². The number of carbonyl (C=O) groups excluding carboxylic acids is 1. The number of hydrazine groups is 1. The predicted molar refractivity (Wildman–Crippen MR) is 138 cm³/mol. The maximum atomic E-state index is 14.9. The van der Waals surface area contributed by atoms with Crippen LogP contribution in [0.2, 0.25) is 0 Å². The van der Waals surface area contributed by atoms with Gasteiger partial charge in [0.25, 0.3) is 5.91 Å². The fourth-order valence-electron chi connectivity index (χ4n) is 4.21. The number of aromatic nitrogens is 4. The summed E-state index contributed by atoms with van der Waals surface area (Å²) in [4.78, 5) is 42.9. The number of alkyl halides is 1. The van der Waals surface area contributed by atoms with Gasteiger partial charge in [-0.3, -0.25) is 18.4 Å². The number of amides is 1. The van der Waals surface area contributed by atoms with Gasteiger partial charge >= 0.3 is 15.6 Å². The number of fused-ring (bicyclic) bond motifs is 1. The molecule has 21 nitrogen and oxygen atoms in total. The Balaban J connectivity index is 1.13. The van der Waals surface area contributed by atoms with Gasteiger partial charge in [-0.15, -0.1) is 4.41 Å². The van der Waals surface area contributed by atoms with Crippen molar-refractivity contribution in [2.75, 3.05) is 18.9 Å². The van der Waals surface area contributed by atoms with Gasteiger partial charge in [-0.1, -0.05) is 0 Å². The van der Waals surface area contributed by atoms with E-state index in [0.717, 1.165) is 33.6 Å². The van der Waals surface area contributed by atoms with E-state index < -0.39 is 83.9 Å². The largest absolute Gasteiger partial charge is 0.481 e. The summed E-state index contributed by atoms with van der Waals surface area (Å²) in [6, 6.07) is 0. The Hall–Kier alpha value is -2.34. The smallest absolute Gasteiger partial charge is 0.387 e. The molecule has 3 aliphatic rings. The van der Waals surface area contributed by atoms with Gasteiger partial charge in [0.15, 0.2) is 30.1 Å². The maximum absolute atomic E-state index is 14.9. The number of nitrogen functional groups attached to an aromatic ring is 1. The molecule has 3 aliphatic heterocycles. The van der Waals surface area contributed by atoms with Crippen LogP contribution in [0.1, 0.15) is 6.23 Å². The summed E-state index contributed by atoms with van der Waals surface area (Å²) in [5, 5.41) is 32.1. The Morgan fingerprint density at radius 2 is 1.67 bits per heavy atom. The van der Waals surface area contributed by atoms with Crippen LogP contribution in [0.15, 0.2) is 23.8 Å². The number of halogens is 1. The molecular weight excluding hydrogens is 649 g/mol. The summed E-state index contributed by atoms with van der Waals surface area (Å²) in [6.45, 7) is -1.89. The molecular formula is C18H25FN8O13P2S. The fraction of sp³-hybridized carbons (Fsp3) is 0.556. The Labute approximate surface area is 243 Å². The van der Waals surface area contributed by atoms with Crippen molar-refractivity contribution in [3.8, 4) is 0 Å². The van der Waals surface area contributed by atoms with Crippen molar-refractivity contribution in [1.29, 1.82) is 0 Å². The van der Waals surface area contributed by atoms with E-state index in [9.17, 15) is 43.4 Å². The van der Waals surface area contributed by atoms with E-state index in [0.29, 0.717) is 0 Å². The highest BCUT2D eigenvalue weighted by molar-refractivity contribution is 8.00. The normalized spacial score (nSPS) is 34.1. The van der Waals surface area contributed by atoms with Gasteiger partial charge in [-0.05, 0) is 11.9 Å².